The Morgan fingerprint density at radius 2 is 2.14 bits per heavy atom. The maximum atomic E-state index is 13.3. The van der Waals surface area contributed by atoms with Crippen LogP contribution in [0.15, 0.2) is 34.8 Å². The molecule has 3 rings (SSSR count). The fourth-order valence-corrected chi connectivity index (χ4v) is 2.19. The van der Waals surface area contributed by atoms with Crippen molar-refractivity contribution in [1.29, 1.82) is 0 Å². The molecule has 1 aromatic heterocycles. The number of nitrogens with one attached hydrogen (secondary N) is 1. The van der Waals surface area contributed by atoms with Crippen LogP contribution in [0.4, 0.5) is 21.6 Å². The average Bonchev–Trinajstić information content (AvgIpc) is 3.27. The molecule has 0 bridgehead atoms. The topological polar surface area (TPSA) is 60.2 Å². The molecule has 0 amide bonds. The van der Waals surface area contributed by atoms with Crippen molar-refractivity contribution in [3.63, 3.8) is 0 Å². The van der Waals surface area contributed by atoms with Gasteiger partial charge in [-0.25, -0.2) is 4.39 Å². The molecule has 110 valence electrons. The quantitative estimate of drug-likeness (QED) is 0.851. The Morgan fingerprint density at radius 3 is 2.90 bits per heavy atom. The van der Waals surface area contributed by atoms with Crippen molar-refractivity contribution in [2.24, 2.45) is 5.92 Å². The number of rotatable bonds is 5. The maximum Gasteiger partial charge on any atom is 0.239 e. The summed E-state index contributed by atoms with van der Waals surface area (Å²) >= 11 is 3.37. The third-order valence-corrected chi connectivity index (χ3v) is 3.93. The van der Waals surface area contributed by atoms with Gasteiger partial charge in [0.2, 0.25) is 5.88 Å². The molecule has 1 fully saturated rings. The summed E-state index contributed by atoms with van der Waals surface area (Å²) in [5.74, 6) is 1.28. The van der Waals surface area contributed by atoms with E-state index in [2.05, 4.69) is 26.2 Å². The van der Waals surface area contributed by atoms with Gasteiger partial charge in [-0.05, 0) is 65.0 Å². The fraction of sp³-hybridized carbons (Fsp3) is 0.267. The highest BCUT2D eigenvalue weighted by Gasteiger charge is 2.22. The van der Waals surface area contributed by atoms with Gasteiger partial charge < -0.3 is 15.8 Å². The van der Waals surface area contributed by atoms with Gasteiger partial charge in [0.25, 0.3) is 0 Å². The molecule has 0 saturated heterocycles. The van der Waals surface area contributed by atoms with Crippen LogP contribution in [0.25, 0.3) is 0 Å². The zero-order valence-electron chi connectivity index (χ0n) is 11.3. The molecule has 4 nitrogen and oxygen atoms in total. The normalized spacial score (nSPS) is 14.0. The van der Waals surface area contributed by atoms with Crippen LogP contribution >= 0.6 is 15.9 Å². The Labute approximate surface area is 130 Å². The van der Waals surface area contributed by atoms with Gasteiger partial charge in [0.1, 0.15) is 11.6 Å². The van der Waals surface area contributed by atoms with Crippen LogP contribution in [0.2, 0.25) is 0 Å². The summed E-state index contributed by atoms with van der Waals surface area (Å²) in [6.45, 7) is 0.643. The van der Waals surface area contributed by atoms with Crippen LogP contribution in [-0.4, -0.2) is 11.6 Å². The maximum absolute atomic E-state index is 13.3. The molecular formula is C15H15BrFN3O. The number of hydrogen-bond donors (Lipinski definition) is 2. The molecule has 1 saturated carbocycles. The van der Waals surface area contributed by atoms with Crippen LogP contribution < -0.4 is 15.8 Å². The van der Waals surface area contributed by atoms with Crippen LogP contribution in [0.1, 0.15) is 12.8 Å². The lowest BCUT2D eigenvalue weighted by molar-refractivity contribution is 0.290. The number of halogens is 2. The minimum absolute atomic E-state index is 0.318. The number of nitrogen functional groups attached to an aromatic ring is 1. The minimum atomic E-state index is -0.318. The van der Waals surface area contributed by atoms with Gasteiger partial charge in [0.15, 0.2) is 0 Å². The Hall–Kier alpha value is -1.82. The zero-order valence-corrected chi connectivity index (χ0v) is 12.9. The third-order valence-electron chi connectivity index (χ3n) is 3.23. The number of anilines is 3. The van der Waals surface area contributed by atoms with Gasteiger partial charge in [-0.15, -0.1) is 0 Å². The minimum Gasteiger partial charge on any atom is -0.476 e. The number of nitrogens with two attached hydrogens (primary N) is 1. The van der Waals surface area contributed by atoms with Gasteiger partial charge in [0.05, 0.1) is 18.0 Å². The number of pyridine rings is 1. The predicted molar refractivity (Wildman–Crippen MR) is 84.3 cm³/mol. The standard InChI is InChI=1S/C15H15BrFN3O/c16-11-4-3-10(17)7-13(11)19-14-6-5-12(18)15(20-14)21-8-9-1-2-9/h3-7,9H,1-2,8,18H2,(H,19,20). The predicted octanol–water partition coefficient (Wildman–Crippen LogP) is 4.10. The van der Waals surface area contributed by atoms with E-state index in [-0.39, 0.29) is 5.82 Å². The van der Waals surface area contributed by atoms with Crippen molar-refractivity contribution in [1.82, 2.24) is 4.98 Å². The monoisotopic (exact) mass is 351 g/mol. The summed E-state index contributed by atoms with van der Waals surface area (Å²) in [6, 6.07) is 7.88. The molecule has 6 heteroatoms. The van der Waals surface area contributed by atoms with E-state index >= 15 is 0 Å². The fourth-order valence-electron chi connectivity index (χ4n) is 1.85. The molecule has 1 aliphatic rings. The third kappa shape index (κ3) is 3.64. The smallest absolute Gasteiger partial charge is 0.239 e. The Balaban J connectivity index is 1.78. The van der Waals surface area contributed by atoms with Crippen molar-refractivity contribution < 1.29 is 9.13 Å². The van der Waals surface area contributed by atoms with Crippen LogP contribution in [0.3, 0.4) is 0 Å². The first-order valence-electron chi connectivity index (χ1n) is 6.73. The Bertz CT molecular complexity index is 661. The molecular weight excluding hydrogens is 337 g/mol. The van der Waals surface area contributed by atoms with Crippen molar-refractivity contribution in [2.75, 3.05) is 17.7 Å². The lowest BCUT2D eigenvalue weighted by Crippen LogP contribution is -2.05. The second-order valence-corrected chi connectivity index (χ2v) is 5.95. The van der Waals surface area contributed by atoms with E-state index in [0.717, 1.165) is 4.47 Å². The lowest BCUT2D eigenvalue weighted by Gasteiger charge is -2.11. The molecule has 2 aromatic rings. The van der Waals surface area contributed by atoms with Crippen LogP contribution in [0, 0.1) is 11.7 Å². The number of benzene rings is 1. The molecule has 1 aliphatic carbocycles. The number of ether oxygens (including phenoxy) is 1. The van der Waals surface area contributed by atoms with Crippen molar-refractivity contribution in [3.05, 3.63) is 40.6 Å². The molecule has 1 heterocycles. The Kier molecular flexibility index (Phi) is 3.96. The zero-order chi connectivity index (χ0) is 14.8. The molecule has 1 aromatic carbocycles. The van der Waals surface area contributed by atoms with Gasteiger partial charge in [-0.3, -0.25) is 0 Å². The first-order chi connectivity index (χ1) is 10.1. The molecule has 3 N–H and O–H groups in total. The van der Waals surface area contributed by atoms with E-state index in [1.807, 2.05) is 0 Å². The van der Waals surface area contributed by atoms with Crippen LogP contribution in [-0.2, 0) is 0 Å². The van der Waals surface area contributed by atoms with E-state index in [4.69, 9.17) is 10.5 Å². The average molecular weight is 352 g/mol. The molecule has 21 heavy (non-hydrogen) atoms. The first kappa shape index (κ1) is 14.1. The van der Waals surface area contributed by atoms with Gasteiger partial charge in [-0.1, -0.05) is 0 Å². The number of aromatic nitrogens is 1. The van der Waals surface area contributed by atoms with Gasteiger partial charge in [0, 0.05) is 4.47 Å². The summed E-state index contributed by atoms with van der Waals surface area (Å²) in [4.78, 5) is 4.34. The van der Waals surface area contributed by atoms with Crippen molar-refractivity contribution in [2.45, 2.75) is 12.8 Å². The molecule has 0 spiro atoms. The second-order valence-electron chi connectivity index (χ2n) is 5.09. The molecule has 0 unspecified atom stereocenters. The number of hydrogen-bond acceptors (Lipinski definition) is 4. The summed E-state index contributed by atoms with van der Waals surface area (Å²) in [5.41, 5.74) is 6.96. The highest BCUT2D eigenvalue weighted by molar-refractivity contribution is 9.10. The highest BCUT2D eigenvalue weighted by Crippen LogP contribution is 2.31. The van der Waals surface area contributed by atoms with E-state index in [1.54, 1.807) is 18.2 Å². The van der Waals surface area contributed by atoms with Crippen molar-refractivity contribution >= 4 is 33.1 Å². The van der Waals surface area contributed by atoms with Crippen molar-refractivity contribution in [3.8, 4) is 5.88 Å². The lowest BCUT2D eigenvalue weighted by atomic mass is 10.3. The summed E-state index contributed by atoms with van der Waals surface area (Å²) in [7, 11) is 0. The summed E-state index contributed by atoms with van der Waals surface area (Å²) < 4.78 is 19.7. The van der Waals surface area contributed by atoms with Gasteiger partial charge in [-0.2, -0.15) is 4.98 Å². The number of nitrogens with zero attached hydrogens (tertiary/aromatic N) is 1. The largest absolute Gasteiger partial charge is 0.476 e. The Morgan fingerprint density at radius 1 is 1.33 bits per heavy atom. The van der Waals surface area contributed by atoms with Gasteiger partial charge >= 0.3 is 0 Å². The summed E-state index contributed by atoms with van der Waals surface area (Å²) in [5, 5.41) is 3.05. The molecule has 0 atom stereocenters. The van der Waals surface area contributed by atoms with Crippen LogP contribution in [0.5, 0.6) is 5.88 Å². The van der Waals surface area contributed by atoms with E-state index < -0.39 is 0 Å². The molecule has 0 radical (unpaired) electrons. The van der Waals surface area contributed by atoms with E-state index in [9.17, 15) is 4.39 Å². The highest BCUT2D eigenvalue weighted by atomic mass is 79.9. The first-order valence-corrected chi connectivity index (χ1v) is 7.52. The van der Waals surface area contributed by atoms with E-state index in [0.29, 0.717) is 35.6 Å². The van der Waals surface area contributed by atoms with E-state index in [1.165, 1.54) is 25.0 Å². The SMILES string of the molecule is Nc1ccc(Nc2cc(F)ccc2Br)nc1OCC1CC1. The molecule has 0 aliphatic heterocycles. The summed E-state index contributed by atoms with van der Waals surface area (Å²) in [6.07, 6.45) is 2.40. The second kappa shape index (κ2) is 5.89.